The molecule has 0 aliphatic carbocycles. The summed E-state index contributed by atoms with van der Waals surface area (Å²) in [7, 11) is 0. The molecule has 2 nitrogen and oxygen atoms in total. The molecule has 0 spiro atoms. The maximum absolute atomic E-state index is 5.61. The Hall–Kier alpha value is -1.02. The second-order valence-corrected chi connectivity index (χ2v) is 4.41. The molecular weight excluding hydrogens is 198 g/mol. The summed E-state index contributed by atoms with van der Waals surface area (Å²) in [4.78, 5) is 0. The van der Waals surface area contributed by atoms with Crippen LogP contribution in [0.5, 0.6) is 5.75 Å². The van der Waals surface area contributed by atoms with Gasteiger partial charge in [0.25, 0.3) is 0 Å². The highest BCUT2D eigenvalue weighted by Crippen LogP contribution is 2.18. The van der Waals surface area contributed by atoms with E-state index in [1.807, 2.05) is 26.0 Å². The molecule has 0 fully saturated rings. The summed E-state index contributed by atoms with van der Waals surface area (Å²) in [6, 6.07) is 8.75. The Kier molecular flexibility index (Phi) is 5.33. The third-order valence-electron chi connectivity index (χ3n) is 2.45. The molecule has 2 heteroatoms. The molecule has 0 saturated heterocycles. The second-order valence-electron chi connectivity index (χ2n) is 4.41. The summed E-state index contributed by atoms with van der Waals surface area (Å²) in [5.41, 5.74) is 1.31. The van der Waals surface area contributed by atoms with E-state index >= 15 is 0 Å². The summed E-state index contributed by atoms with van der Waals surface area (Å²) in [6.45, 7) is 9.51. The largest absolute Gasteiger partial charge is 0.491 e. The lowest BCUT2D eigenvalue weighted by Crippen LogP contribution is -2.19. The van der Waals surface area contributed by atoms with Gasteiger partial charge < -0.3 is 10.1 Å². The molecule has 90 valence electrons. The molecular formula is C14H23NO. The van der Waals surface area contributed by atoms with E-state index in [9.17, 15) is 0 Å². The Bertz CT molecular complexity index is 292. The van der Waals surface area contributed by atoms with Crippen molar-refractivity contribution in [3.05, 3.63) is 29.8 Å². The fourth-order valence-electron chi connectivity index (χ4n) is 1.59. The van der Waals surface area contributed by atoms with Gasteiger partial charge in [-0.25, -0.2) is 0 Å². The van der Waals surface area contributed by atoms with Gasteiger partial charge in [-0.1, -0.05) is 19.1 Å². The van der Waals surface area contributed by atoms with Gasteiger partial charge >= 0.3 is 0 Å². The molecule has 0 saturated carbocycles. The Labute approximate surface area is 99.0 Å². The van der Waals surface area contributed by atoms with Crippen molar-refractivity contribution in [1.29, 1.82) is 0 Å². The molecule has 1 N–H and O–H groups in total. The summed E-state index contributed by atoms with van der Waals surface area (Å²) in [6.07, 6.45) is 1.40. The fraction of sp³-hybridized carbons (Fsp3) is 0.571. The molecule has 1 aromatic rings. The van der Waals surface area contributed by atoms with Crippen molar-refractivity contribution in [1.82, 2.24) is 5.32 Å². The van der Waals surface area contributed by atoms with E-state index in [1.54, 1.807) is 0 Å². The topological polar surface area (TPSA) is 21.3 Å². The van der Waals surface area contributed by atoms with E-state index < -0.39 is 0 Å². The molecule has 0 heterocycles. The maximum atomic E-state index is 5.61. The van der Waals surface area contributed by atoms with Gasteiger partial charge in [-0.3, -0.25) is 0 Å². The SMILES string of the molecule is CCCNC(C)c1ccc(OC(C)C)cc1. The number of benzene rings is 1. The summed E-state index contributed by atoms with van der Waals surface area (Å²) in [5, 5.41) is 3.47. The van der Waals surface area contributed by atoms with Gasteiger partial charge in [0.05, 0.1) is 6.10 Å². The molecule has 16 heavy (non-hydrogen) atoms. The standard InChI is InChI=1S/C14H23NO/c1-5-10-15-12(4)13-6-8-14(9-7-13)16-11(2)3/h6-9,11-12,15H,5,10H2,1-4H3. The van der Waals surface area contributed by atoms with Crippen LogP contribution in [-0.2, 0) is 0 Å². The fourth-order valence-corrected chi connectivity index (χ4v) is 1.59. The Morgan fingerprint density at radius 2 is 1.75 bits per heavy atom. The third-order valence-corrected chi connectivity index (χ3v) is 2.45. The Balaban J connectivity index is 2.56. The molecule has 1 rings (SSSR count). The van der Waals surface area contributed by atoms with Crippen molar-refractivity contribution in [2.75, 3.05) is 6.54 Å². The summed E-state index contributed by atoms with van der Waals surface area (Å²) in [5.74, 6) is 0.946. The lowest BCUT2D eigenvalue weighted by atomic mass is 10.1. The molecule has 0 bridgehead atoms. The predicted molar refractivity (Wildman–Crippen MR) is 68.9 cm³/mol. The van der Waals surface area contributed by atoms with Crippen LogP contribution in [0.15, 0.2) is 24.3 Å². The highest BCUT2D eigenvalue weighted by molar-refractivity contribution is 5.29. The van der Waals surface area contributed by atoms with Gasteiger partial charge in [-0.15, -0.1) is 0 Å². The predicted octanol–water partition coefficient (Wildman–Crippen LogP) is 3.53. The zero-order chi connectivity index (χ0) is 12.0. The smallest absolute Gasteiger partial charge is 0.119 e. The van der Waals surface area contributed by atoms with Crippen LogP contribution in [-0.4, -0.2) is 12.6 Å². The van der Waals surface area contributed by atoms with Crippen molar-refractivity contribution < 1.29 is 4.74 Å². The van der Waals surface area contributed by atoms with Crippen molar-refractivity contribution in [2.45, 2.75) is 46.3 Å². The zero-order valence-corrected chi connectivity index (χ0v) is 10.8. The average Bonchev–Trinajstić information content (AvgIpc) is 2.26. The molecule has 1 unspecified atom stereocenters. The van der Waals surface area contributed by atoms with Crippen LogP contribution >= 0.6 is 0 Å². The summed E-state index contributed by atoms with van der Waals surface area (Å²) >= 11 is 0. The minimum atomic E-state index is 0.237. The van der Waals surface area contributed by atoms with Crippen LogP contribution in [0, 0.1) is 0 Å². The van der Waals surface area contributed by atoms with Crippen molar-refractivity contribution >= 4 is 0 Å². The van der Waals surface area contributed by atoms with Crippen molar-refractivity contribution in [3.8, 4) is 5.75 Å². The van der Waals surface area contributed by atoms with E-state index in [4.69, 9.17) is 4.74 Å². The molecule has 1 atom stereocenters. The third kappa shape index (κ3) is 4.23. The number of nitrogens with one attached hydrogen (secondary N) is 1. The van der Waals surface area contributed by atoms with Crippen LogP contribution in [0.25, 0.3) is 0 Å². The molecule has 0 aliphatic rings. The van der Waals surface area contributed by atoms with E-state index in [-0.39, 0.29) is 6.10 Å². The molecule has 0 amide bonds. The van der Waals surface area contributed by atoms with Gasteiger partial charge in [-0.05, 0) is 51.4 Å². The Morgan fingerprint density at radius 3 is 2.25 bits per heavy atom. The summed E-state index contributed by atoms with van der Waals surface area (Å²) < 4.78 is 5.61. The van der Waals surface area contributed by atoms with E-state index in [1.165, 1.54) is 12.0 Å². The first kappa shape index (κ1) is 13.0. The maximum Gasteiger partial charge on any atom is 0.119 e. The van der Waals surface area contributed by atoms with Crippen LogP contribution in [0.3, 0.4) is 0 Å². The minimum Gasteiger partial charge on any atom is -0.491 e. The highest BCUT2D eigenvalue weighted by Gasteiger charge is 2.04. The van der Waals surface area contributed by atoms with Crippen molar-refractivity contribution in [2.24, 2.45) is 0 Å². The minimum absolute atomic E-state index is 0.237. The molecule has 1 aromatic carbocycles. The van der Waals surface area contributed by atoms with Gasteiger partial charge in [0.1, 0.15) is 5.75 Å². The first-order valence-corrected chi connectivity index (χ1v) is 6.13. The van der Waals surface area contributed by atoms with E-state index in [2.05, 4.69) is 31.3 Å². The first-order chi connectivity index (χ1) is 7.63. The zero-order valence-electron chi connectivity index (χ0n) is 10.8. The van der Waals surface area contributed by atoms with Gasteiger partial charge in [0.2, 0.25) is 0 Å². The quantitative estimate of drug-likeness (QED) is 0.793. The second kappa shape index (κ2) is 6.54. The van der Waals surface area contributed by atoms with Crippen LogP contribution in [0.4, 0.5) is 0 Å². The van der Waals surface area contributed by atoms with Gasteiger partial charge in [0, 0.05) is 6.04 Å². The first-order valence-electron chi connectivity index (χ1n) is 6.13. The van der Waals surface area contributed by atoms with Crippen LogP contribution < -0.4 is 10.1 Å². The number of ether oxygens (including phenoxy) is 1. The van der Waals surface area contributed by atoms with Crippen LogP contribution in [0.2, 0.25) is 0 Å². The normalized spacial score (nSPS) is 12.8. The molecule has 0 aliphatic heterocycles. The van der Waals surface area contributed by atoms with E-state index in [0.717, 1.165) is 12.3 Å². The number of hydrogen-bond acceptors (Lipinski definition) is 2. The average molecular weight is 221 g/mol. The molecule has 0 radical (unpaired) electrons. The monoisotopic (exact) mass is 221 g/mol. The van der Waals surface area contributed by atoms with E-state index in [0.29, 0.717) is 6.04 Å². The van der Waals surface area contributed by atoms with Gasteiger partial charge in [-0.2, -0.15) is 0 Å². The number of hydrogen-bond donors (Lipinski definition) is 1. The number of rotatable bonds is 6. The lowest BCUT2D eigenvalue weighted by Gasteiger charge is -2.15. The highest BCUT2D eigenvalue weighted by atomic mass is 16.5. The molecule has 0 aromatic heterocycles. The Morgan fingerprint density at radius 1 is 1.12 bits per heavy atom. The lowest BCUT2D eigenvalue weighted by molar-refractivity contribution is 0.242. The van der Waals surface area contributed by atoms with Gasteiger partial charge in [0.15, 0.2) is 0 Å². The van der Waals surface area contributed by atoms with Crippen LogP contribution in [0.1, 0.15) is 45.7 Å². The van der Waals surface area contributed by atoms with Crippen molar-refractivity contribution in [3.63, 3.8) is 0 Å².